The second kappa shape index (κ2) is 5.14. The first-order chi connectivity index (χ1) is 6.36. The van der Waals surface area contributed by atoms with Crippen molar-refractivity contribution in [3.05, 3.63) is 42.5 Å². The van der Waals surface area contributed by atoms with Crippen LogP contribution in [0, 0.1) is 0 Å². The molecule has 0 N–H and O–H groups in total. The van der Waals surface area contributed by atoms with Crippen LogP contribution in [0.5, 0.6) is 5.75 Å². The van der Waals surface area contributed by atoms with Crippen molar-refractivity contribution in [2.75, 3.05) is 6.61 Å². The number of ether oxygens (including phenoxy) is 1. The molecule has 0 aliphatic rings. The van der Waals surface area contributed by atoms with Gasteiger partial charge in [-0.15, -0.1) is 0 Å². The molecule has 0 aromatic heterocycles. The Balaban J connectivity index is 2.66. The summed E-state index contributed by atoms with van der Waals surface area (Å²) < 4.78 is 5.31. The summed E-state index contributed by atoms with van der Waals surface area (Å²) in [5.74, 6) is 0.777. The second-order valence-electron chi connectivity index (χ2n) is 2.62. The van der Waals surface area contributed by atoms with Gasteiger partial charge in [0.2, 0.25) is 0 Å². The Morgan fingerprint density at radius 1 is 1.46 bits per heavy atom. The highest BCUT2D eigenvalue weighted by Crippen LogP contribution is 2.12. The summed E-state index contributed by atoms with van der Waals surface area (Å²) in [6.07, 6.45) is 3.00. The smallest absolute Gasteiger partial charge is 0.124 e. The van der Waals surface area contributed by atoms with Crippen LogP contribution >= 0.6 is 0 Å². The van der Waals surface area contributed by atoms with E-state index in [0.29, 0.717) is 13.0 Å². The van der Waals surface area contributed by atoms with E-state index in [1.807, 2.05) is 24.3 Å². The summed E-state index contributed by atoms with van der Waals surface area (Å²) in [6, 6.07) is 7.49. The standard InChI is InChI=1S/C11H12O2/c1-2-8-13-11-5-3-4-10(9-11)6-7-12/h2-5,7,9H,1,6,8H2. The number of hydrogen-bond acceptors (Lipinski definition) is 2. The molecule has 0 spiro atoms. The monoisotopic (exact) mass is 176 g/mol. The Morgan fingerprint density at radius 3 is 3.00 bits per heavy atom. The Bertz CT molecular complexity index is 292. The number of benzene rings is 1. The Labute approximate surface area is 77.8 Å². The van der Waals surface area contributed by atoms with Crippen molar-refractivity contribution in [3.8, 4) is 5.75 Å². The zero-order valence-corrected chi connectivity index (χ0v) is 7.40. The summed E-state index contributed by atoms with van der Waals surface area (Å²) in [6.45, 7) is 4.04. The second-order valence-corrected chi connectivity index (χ2v) is 2.62. The van der Waals surface area contributed by atoms with Crippen LogP contribution in [-0.4, -0.2) is 12.9 Å². The van der Waals surface area contributed by atoms with E-state index in [1.165, 1.54) is 0 Å². The lowest BCUT2D eigenvalue weighted by molar-refractivity contribution is -0.107. The van der Waals surface area contributed by atoms with Gasteiger partial charge in [-0.3, -0.25) is 0 Å². The summed E-state index contributed by atoms with van der Waals surface area (Å²) in [7, 11) is 0. The Morgan fingerprint density at radius 2 is 2.31 bits per heavy atom. The van der Waals surface area contributed by atoms with Crippen molar-refractivity contribution in [1.82, 2.24) is 0 Å². The van der Waals surface area contributed by atoms with Gasteiger partial charge in [0, 0.05) is 6.42 Å². The maximum absolute atomic E-state index is 10.2. The van der Waals surface area contributed by atoms with Gasteiger partial charge in [-0.1, -0.05) is 24.8 Å². The highest BCUT2D eigenvalue weighted by molar-refractivity contribution is 5.55. The summed E-state index contributed by atoms with van der Waals surface area (Å²) in [5, 5.41) is 0. The van der Waals surface area contributed by atoms with Crippen molar-refractivity contribution >= 4 is 6.29 Å². The zero-order valence-electron chi connectivity index (χ0n) is 7.40. The summed E-state index contributed by atoms with van der Waals surface area (Å²) >= 11 is 0. The minimum atomic E-state index is 0.436. The predicted molar refractivity (Wildman–Crippen MR) is 51.9 cm³/mol. The third-order valence-corrected chi connectivity index (χ3v) is 1.59. The molecule has 0 atom stereocenters. The van der Waals surface area contributed by atoms with E-state index >= 15 is 0 Å². The first-order valence-electron chi connectivity index (χ1n) is 4.13. The van der Waals surface area contributed by atoms with Crippen LogP contribution in [-0.2, 0) is 11.2 Å². The molecule has 68 valence electrons. The van der Waals surface area contributed by atoms with Crippen LogP contribution in [0.25, 0.3) is 0 Å². The molecule has 0 amide bonds. The molecule has 0 unspecified atom stereocenters. The number of hydrogen-bond donors (Lipinski definition) is 0. The molecule has 13 heavy (non-hydrogen) atoms. The van der Waals surface area contributed by atoms with Gasteiger partial charge < -0.3 is 9.53 Å². The minimum Gasteiger partial charge on any atom is -0.490 e. The average Bonchev–Trinajstić information content (AvgIpc) is 2.16. The first-order valence-corrected chi connectivity index (χ1v) is 4.13. The lowest BCUT2D eigenvalue weighted by atomic mass is 10.2. The van der Waals surface area contributed by atoms with E-state index in [-0.39, 0.29) is 0 Å². The molecule has 0 saturated carbocycles. The quantitative estimate of drug-likeness (QED) is 0.506. The third-order valence-electron chi connectivity index (χ3n) is 1.59. The lowest BCUT2D eigenvalue weighted by Crippen LogP contribution is -1.94. The van der Waals surface area contributed by atoms with Gasteiger partial charge in [0.05, 0.1) is 0 Å². The molecular formula is C11H12O2. The highest BCUT2D eigenvalue weighted by atomic mass is 16.5. The van der Waals surface area contributed by atoms with Gasteiger partial charge in [0.15, 0.2) is 0 Å². The minimum absolute atomic E-state index is 0.436. The fourth-order valence-electron chi connectivity index (χ4n) is 1.01. The Kier molecular flexibility index (Phi) is 3.76. The van der Waals surface area contributed by atoms with Crippen molar-refractivity contribution in [3.63, 3.8) is 0 Å². The molecule has 2 nitrogen and oxygen atoms in total. The number of aldehydes is 1. The largest absolute Gasteiger partial charge is 0.490 e. The van der Waals surface area contributed by atoms with Crippen LogP contribution in [0.3, 0.4) is 0 Å². The van der Waals surface area contributed by atoms with Crippen molar-refractivity contribution in [1.29, 1.82) is 0 Å². The summed E-state index contributed by atoms with van der Waals surface area (Å²) in [4.78, 5) is 10.2. The number of carbonyl (C=O) groups excluding carboxylic acids is 1. The van der Waals surface area contributed by atoms with Crippen LogP contribution in [0.4, 0.5) is 0 Å². The van der Waals surface area contributed by atoms with Gasteiger partial charge in [-0.05, 0) is 17.7 Å². The van der Waals surface area contributed by atoms with Crippen LogP contribution in [0.2, 0.25) is 0 Å². The van der Waals surface area contributed by atoms with Crippen LogP contribution < -0.4 is 4.74 Å². The van der Waals surface area contributed by atoms with Crippen LogP contribution in [0.1, 0.15) is 5.56 Å². The summed E-state index contributed by atoms with van der Waals surface area (Å²) in [5.41, 5.74) is 0.969. The molecule has 0 heterocycles. The Hall–Kier alpha value is -1.57. The van der Waals surface area contributed by atoms with E-state index in [9.17, 15) is 4.79 Å². The molecule has 1 aromatic rings. The van der Waals surface area contributed by atoms with E-state index < -0.39 is 0 Å². The molecule has 0 saturated heterocycles. The zero-order chi connectivity index (χ0) is 9.52. The van der Waals surface area contributed by atoms with Gasteiger partial charge in [-0.25, -0.2) is 0 Å². The van der Waals surface area contributed by atoms with Gasteiger partial charge in [-0.2, -0.15) is 0 Å². The third kappa shape index (κ3) is 3.11. The maximum atomic E-state index is 10.2. The topological polar surface area (TPSA) is 26.3 Å². The molecular weight excluding hydrogens is 164 g/mol. The highest BCUT2D eigenvalue weighted by Gasteiger charge is 1.94. The molecule has 0 fully saturated rings. The fourth-order valence-corrected chi connectivity index (χ4v) is 1.01. The fraction of sp³-hybridized carbons (Fsp3) is 0.182. The lowest BCUT2D eigenvalue weighted by Gasteiger charge is -2.03. The maximum Gasteiger partial charge on any atom is 0.124 e. The molecule has 1 aromatic carbocycles. The van der Waals surface area contributed by atoms with E-state index in [4.69, 9.17) is 4.74 Å². The molecule has 0 bridgehead atoms. The molecule has 0 aliphatic carbocycles. The van der Waals surface area contributed by atoms with Crippen molar-refractivity contribution < 1.29 is 9.53 Å². The van der Waals surface area contributed by atoms with Gasteiger partial charge in [0.1, 0.15) is 18.6 Å². The predicted octanol–water partition coefficient (Wildman–Crippen LogP) is 1.99. The average molecular weight is 176 g/mol. The number of carbonyl (C=O) groups is 1. The molecule has 0 aliphatic heterocycles. The van der Waals surface area contributed by atoms with Crippen molar-refractivity contribution in [2.24, 2.45) is 0 Å². The van der Waals surface area contributed by atoms with E-state index in [0.717, 1.165) is 17.6 Å². The molecule has 2 heteroatoms. The molecule has 0 radical (unpaired) electrons. The molecule has 1 rings (SSSR count). The first kappa shape index (κ1) is 9.52. The van der Waals surface area contributed by atoms with E-state index in [2.05, 4.69) is 6.58 Å². The SMILES string of the molecule is C=CCOc1cccc(CC=O)c1. The normalized spacial score (nSPS) is 9.23. The van der Waals surface area contributed by atoms with Crippen LogP contribution in [0.15, 0.2) is 36.9 Å². The van der Waals surface area contributed by atoms with E-state index in [1.54, 1.807) is 6.08 Å². The van der Waals surface area contributed by atoms with Gasteiger partial charge in [0.25, 0.3) is 0 Å². The van der Waals surface area contributed by atoms with Crippen molar-refractivity contribution in [2.45, 2.75) is 6.42 Å². The van der Waals surface area contributed by atoms with Gasteiger partial charge >= 0.3 is 0 Å². The number of rotatable bonds is 5.